The largest absolute Gasteiger partial charge is 0.462 e. The van der Waals surface area contributed by atoms with E-state index < -0.39 is 10.0 Å². The molecule has 9 nitrogen and oxygen atoms in total. The number of carbonyl (C=O) groups is 1. The normalized spacial score (nSPS) is 14.3. The summed E-state index contributed by atoms with van der Waals surface area (Å²) in [7, 11) is -2.94. The standard InChI is InChI=1S/C14H15N3O.C9H16O2.C7H16.C6H13NO2S.C2H4.CH4/c1-11(2)18-17-10-12-6-3-4-7-13(12)14-15-8-5-9-16-14;1-7(2)9(10)11-8-5-3-4-6-8;1-6(2)7(3,4)5;1-5(2)7-10(8,9)6-3-4-6;1-2;/h3-11H,1-2H3;7-8H,3-6H2,1-2H3;6H,1-5H3;5-7H,3-4H2,1-2H3;1-2H2;1H4/b17-10+;;;;;. The Morgan fingerprint density at radius 1 is 0.918 bits per heavy atom. The molecule has 0 saturated heterocycles. The molecule has 2 fully saturated rings. The number of nitrogens with zero attached hydrogens (tertiary/aromatic N) is 3. The van der Waals surface area contributed by atoms with Crippen molar-refractivity contribution in [2.24, 2.45) is 22.4 Å². The van der Waals surface area contributed by atoms with Gasteiger partial charge in [-0.15, -0.1) is 13.2 Å². The maximum absolute atomic E-state index is 11.1. The minimum atomic E-state index is -2.94. The molecule has 1 aromatic carbocycles. The lowest BCUT2D eigenvalue weighted by Gasteiger charge is -2.22. The average Bonchev–Trinajstić information content (AvgIpc) is 3.77. The highest BCUT2D eigenvalue weighted by Crippen LogP contribution is 2.27. The van der Waals surface area contributed by atoms with E-state index >= 15 is 0 Å². The molecule has 2 aromatic rings. The van der Waals surface area contributed by atoms with Crippen LogP contribution in [0, 0.1) is 17.3 Å². The topological polar surface area (TPSA) is 120 Å². The summed E-state index contributed by atoms with van der Waals surface area (Å²) < 4.78 is 30.0. The summed E-state index contributed by atoms with van der Waals surface area (Å²) in [5, 5.41) is 3.86. The van der Waals surface area contributed by atoms with E-state index in [0.29, 0.717) is 11.2 Å². The first-order valence-electron chi connectivity index (χ1n) is 17.2. The molecule has 0 unspecified atom stereocenters. The summed E-state index contributed by atoms with van der Waals surface area (Å²) >= 11 is 0. The third-order valence-electron chi connectivity index (χ3n) is 7.38. The minimum Gasteiger partial charge on any atom is -0.462 e. The molecule has 4 rings (SSSR count). The van der Waals surface area contributed by atoms with Crippen LogP contribution in [0.25, 0.3) is 11.4 Å². The van der Waals surface area contributed by atoms with Crippen molar-refractivity contribution < 1.29 is 22.8 Å². The van der Waals surface area contributed by atoms with Crippen LogP contribution in [0.15, 0.2) is 61.0 Å². The van der Waals surface area contributed by atoms with Crippen LogP contribution in [0.4, 0.5) is 0 Å². The molecule has 0 aliphatic heterocycles. The second-order valence-electron chi connectivity index (χ2n) is 14.1. The fourth-order valence-corrected chi connectivity index (χ4v) is 5.18. The van der Waals surface area contributed by atoms with Gasteiger partial charge in [-0.2, -0.15) is 0 Å². The van der Waals surface area contributed by atoms with Gasteiger partial charge in [0.1, 0.15) is 12.2 Å². The number of aromatic nitrogens is 2. The number of hydrogen-bond acceptors (Lipinski definition) is 8. The number of ether oxygens (including phenoxy) is 1. The van der Waals surface area contributed by atoms with Crippen LogP contribution in [0.3, 0.4) is 0 Å². The van der Waals surface area contributed by atoms with E-state index in [-0.39, 0.29) is 42.8 Å². The maximum Gasteiger partial charge on any atom is 0.308 e. The molecule has 1 N–H and O–H groups in total. The SMILES string of the molecule is C.C=C.CC(C)C(=O)OC1CCCC1.CC(C)C(C)(C)C.CC(C)NS(=O)(=O)C1CC1.CC(C)O/N=C/c1ccccc1-c1ncccn1. The van der Waals surface area contributed by atoms with Gasteiger partial charge in [0.25, 0.3) is 0 Å². The number of benzene rings is 1. The Balaban J connectivity index is 0. The molecular weight excluding hydrogens is 637 g/mol. The lowest BCUT2D eigenvalue weighted by molar-refractivity contribution is -0.152. The second-order valence-corrected chi connectivity index (χ2v) is 16.1. The van der Waals surface area contributed by atoms with Gasteiger partial charge >= 0.3 is 5.97 Å². The van der Waals surface area contributed by atoms with Crippen LogP contribution in [0.2, 0.25) is 0 Å². The smallest absolute Gasteiger partial charge is 0.308 e. The van der Waals surface area contributed by atoms with E-state index in [9.17, 15) is 13.2 Å². The van der Waals surface area contributed by atoms with Gasteiger partial charge in [0.2, 0.25) is 10.0 Å². The zero-order valence-electron chi connectivity index (χ0n) is 31.5. The molecule has 10 heteroatoms. The Bertz CT molecular complexity index is 1280. The van der Waals surface area contributed by atoms with Gasteiger partial charge in [-0.25, -0.2) is 23.1 Å². The molecule has 2 saturated carbocycles. The minimum absolute atomic E-state index is 0. The van der Waals surface area contributed by atoms with Gasteiger partial charge < -0.3 is 9.57 Å². The van der Waals surface area contributed by atoms with Crippen LogP contribution in [-0.4, -0.2) is 54.1 Å². The number of rotatable bonds is 9. The van der Waals surface area contributed by atoms with Gasteiger partial charge in [0.15, 0.2) is 5.82 Å². The molecule has 0 radical (unpaired) electrons. The molecule has 2 aliphatic rings. The van der Waals surface area contributed by atoms with Crippen molar-refractivity contribution >= 4 is 22.2 Å². The number of oxime groups is 1. The van der Waals surface area contributed by atoms with Crippen molar-refractivity contribution in [3.05, 3.63) is 61.4 Å². The van der Waals surface area contributed by atoms with Gasteiger partial charge in [0.05, 0.1) is 17.4 Å². The first-order chi connectivity index (χ1) is 22.4. The predicted octanol–water partition coefficient (Wildman–Crippen LogP) is 9.63. The lowest BCUT2D eigenvalue weighted by atomic mass is 9.84. The van der Waals surface area contributed by atoms with Crippen LogP contribution >= 0.6 is 0 Å². The van der Waals surface area contributed by atoms with Gasteiger partial charge in [-0.3, -0.25) is 4.79 Å². The molecule has 2 aliphatic carbocycles. The first-order valence-corrected chi connectivity index (χ1v) is 18.8. The van der Waals surface area contributed by atoms with Crippen molar-refractivity contribution in [2.45, 2.75) is 146 Å². The average molecular weight is 705 g/mol. The molecular formula is C39H68N4O5S. The van der Waals surface area contributed by atoms with Crippen LogP contribution in [-0.2, 0) is 24.4 Å². The van der Waals surface area contributed by atoms with E-state index in [1.165, 1.54) is 12.8 Å². The van der Waals surface area contributed by atoms with Crippen molar-refractivity contribution in [3.8, 4) is 11.4 Å². The van der Waals surface area contributed by atoms with Crippen molar-refractivity contribution in [3.63, 3.8) is 0 Å². The van der Waals surface area contributed by atoms with Crippen LogP contribution in [0.5, 0.6) is 0 Å². The first kappa shape index (κ1) is 48.0. The number of esters is 1. The van der Waals surface area contributed by atoms with Crippen molar-refractivity contribution in [2.75, 3.05) is 0 Å². The summed E-state index contributed by atoms with van der Waals surface area (Å²) in [6, 6.07) is 9.65. The van der Waals surface area contributed by atoms with E-state index in [2.05, 4.69) is 67.6 Å². The Hall–Kier alpha value is -3.11. The zero-order chi connectivity index (χ0) is 36.9. The second kappa shape index (κ2) is 24.9. The highest BCUT2D eigenvalue weighted by molar-refractivity contribution is 7.90. The predicted molar refractivity (Wildman–Crippen MR) is 207 cm³/mol. The fourth-order valence-electron chi connectivity index (χ4n) is 3.57. The van der Waals surface area contributed by atoms with Crippen LogP contribution < -0.4 is 4.72 Å². The molecule has 49 heavy (non-hydrogen) atoms. The molecule has 0 bridgehead atoms. The third-order valence-corrected chi connectivity index (χ3v) is 9.53. The van der Waals surface area contributed by atoms with Crippen molar-refractivity contribution in [1.29, 1.82) is 0 Å². The number of nitrogens with one attached hydrogen (secondary N) is 1. The Kier molecular flexibility index (Phi) is 24.4. The van der Waals surface area contributed by atoms with Gasteiger partial charge in [-0.1, -0.05) is 85.3 Å². The number of sulfonamides is 1. The fraction of sp³-hybridized carbons (Fsp3) is 0.641. The van der Waals surface area contributed by atoms with E-state index in [1.54, 1.807) is 24.7 Å². The molecule has 0 spiro atoms. The Morgan fingerprint density at radius 2 is 1.43 bits per heavy atom. The lowest BCUT2D eigenvalue weighted by Crippen LogP contribution is -2.32. The number of hydrogen-bond donors (Lipinski definition) is 1. The molecule has 0 atom stereocenters. The van der Waals surface area contributed by atoms with Gasteiger partial charge in [-0.05, 0) is 83.6 Å². The Labute approximate surface area is 299 Å². The van der Waals surface area contributed by atoms with E-state index in [0.717, 1.165) is 42.7 Å². The zero-order valence-corrected chi connectivity index (χ0v) is 32.3. The highest BCUT2D eigenvalue weighted by atomic mass is 32.2. The molecule has 1 heterocycles. The number of carbonyl (C=O) groups excluding carboxylic acids is 1. The van der Waals surface area contributed by atoms with Crippen LogP contribution in [0.1, 0.15) is 128 Å². The third kappa shape index (κ3) is 22.3. The molecule has 280 valence electrons. The van der Waals surface area contributed by atoms with Crippen molar-refractivity contribution in [1.82, 2.24) is 14.7 Å². The molecule has 0 amide bonds. The summed E-state index contributed by atoms with van der Waals surface area (Å²) in [6.45, 7) is 28.6. The molecule has 1 aromatic heterocycles. The highest BCUT2D eigenvalue weighted by Gasteiger charge is 2.35. The maximum atomic E-state index is 11.1. The summed E-state index contributed by atoms with van der Waals surface area (Å²) in [6.07, 6.45) is 11.7. The van der Waals surface area contributed by atoms with E-state index in [4.69, 9.17) is 9.57 Å². The summed E-state index contributed by atoms with van der Waals surface area (Å²) in [4.78, 5) is 24.7. The quantitative estimate of drug-likeness (QED) is 0.119. The Morgan fingerprint density at radius 3 is 1.86 bits per heavy atom. The monoisotopic (exact) mass is 704 g/mol. The van der Waals surface area contributed by atoms with E-state index in [1.807, 2.05) is 65.8 Å². The summed E-state index contributed by atoms with van der Waals surface area (Å²) in [5.41, 5.74) is 2.37. The van der Waals surface area contributed by atoms with Gasteiger partial charge in [0, 0.05) is 29.6 Å². The summed E-state index contributed by atoms with van der Waals surface area (Å²) in [5.74, 6) is 1.46.